The van der Waals surface area contributed by atoms with Crippen LogP contribution in [0.25, 0.3) is 0 Å². The van der Waals surface area contributed by atoms with Gasteiger partial charge in [0, 0.05) is 38.9 Å². The zero-order chi connectivity index (χ0) is 18.6. The fourth-order valence-electron chi connectivity index (χ4n) is 3.51. The Morgan fingerprint density at radius 2 is 2.04 bits per heavy atom. The molecular formula is C20H23ClN4O2. The zero-order valence-electron chi connectivity index (χ0n) is 15.2. The lowest BCUT2D eigenvalue weighted by molar-refractivity contribution is 0.194. The van der Waals surface area contributed by atoms with Crippen LogP contribution < -0.4 is 15.0 Å². The van der Waals surface area contributed by atoms with Gasteiger partial charge in [0.15, 0.2) is 0 Å². The molecule has 1 aromatic heterocycles. The van der Waals surface area contributed by atoms with E-state index in [-0.39, 0.29) is 6.03 Å². The second-order valence-electron chi connectivity index (χ2n) is 6.86. The number of anilines is 1. The van der Waals surface area contributed by atoms with Gasteiger partial charge < -0.3 is 19.9 Å². The molecule has 1 saturated heterocycles. The van der Waals surface area contributed by atoms with Gasteiger partial charge in [-0.2, -0.15) is 0 Å². The van der Waals surface area contributed by atoms with E-state index in [9.17, 15) is 4.79 Å². The normalized spacial score (nSPS) is 16.5. The van der Waals surface area contributed by atoms with E-state index in [1.165, 1.54) is 5.56 Å². The Bertz CT molecular complexity index is 804. The van der Waals surface area contributed by atoms with E-state index in [4.69, 9.17) is 16.3 Å². The van der Waals surface area contributed by atoms with Gasteiger partial charge in [0.2, 0.25) is 0 Å². The quantitative estimate of drug-likeness (QED) is 0.880. The van der Waals surface area contributed by atoms with Crippen LogP contribution in [0.5, 0.6) is 5.75 Å². The highest BCUT2D eigenvalue weighted by atomic mass is 35.5. The monoisotopic (exact) mass is 386 g/mol. The number of carbonyl (C=O) groups is 1. The smallest absolute Gasteiger partial charge is 0.317 e. The summed E-state index contributed by atoms with van der Waals surface area (Å²) >= 11 is 5.89. The molecule has 0 radical (unpaired) electrons. The van der Waals surface area contributed by atoms with Crippen LogP contribution >= 0.6 is 11.6 Å². The van der Waals surface area contributed by atoms with Crippen LogP contribution in [0.3, 0.4) is 0 Å². The number of hydrogen-bond donors (Lipinski definition) is 1. The van der Waals surface area contributed by atoms with Crippen molar-refractivity contribution in [2.45, 2.75) is 19.4 Å². The Morgan fingerprint density at radius 1 is 1.19 bits per heavy atom. The highest BCUT2D eigenvalue weighted by Crippen LogP contribution is 2.25. The second-order valence-corrected chi connectivity index (χ2v) is 7.30. The summed E-state index contributed by atoms with van der Waals surface area (Å²) in [5, 5.41) is 3.66. The lowest BCUT2D eigenvalue weighted by Gasteiger charge is -2.35. The highest BCUT2D eigenvalue weighted by Gasteiger charge is 2.21. The van der Waals surface area contributed by atoms with Gasteiger partial charge in [-0.15, -0.1) is 0 Å². The molecule has 0 bridgehead atoms. The van der Waals surface area contributed by atoms with E-state index >= 15 is 0 Å². The number of benzene rings is 1. The van der Waals surface area contributed by atoms with Crippen LogP contribution in [-0.2, 0) is 13.0 Å². The summed E-state index contributed by atoms with van der Waals surface area (Å²) in [6.45, 7) is 4.20. The summed E-state index contributed by atoms with van der Waals surface area (Å²) < 4.78 is 5.64. The molecule has 1 N–H and O–H groups in total. The van der Waals surface area contributed by atoms with Crippen molar-refractivity contribution < 1.29 is 9.53 Å². The van der Waals surface area contributed by atoms with Crippen molar-refractivity contribution in [3.63, 3.8) is 0 Å². The molecule has 2 amide bonds. The Balaban J connectivity index is 1.28. The predicted octanol–water partition coefficient (Wildman–Crippen LogP) is 3.09. The number of aryl methyl sites for hydroxylation is 1. The van der Waals surface area contributed by atoms with Crippen molar-refractivity contribution in [2.24, 2.45) is 0 Å². The van der Waals surface area contributed by atoms with E-state index in [0.717, 1.165) is 49.7 Å². The highest BCUT2D eigenvalue weighted by molar-refractivity contribution is 6.30. The maximum absolute atomic E-state index is 12.5. The van der Waals surface area contributed by atoms with Crippen molar-refractivity contribution in [2.75, 3.05) is 37.7 Å². The summed E-state index contributed by atoms with van der Waals surface area (Å²) in [5.41, 5.74) is 2.34. The lowest BCUT2D eigenvalue weighted by Crippen LogP contribution is -2.51. The fraction of sp³-hybridized carbons (Fsp3) is 0.400. The van der Waals surface area contributed by atoms with E-state index in [1.807, 2.05) is 29.2 Å². The maximum atomic E-state index is 12.5. The average Bonchev–Trinajstić information content (AvgIpc) is 2.72. The van der Waals surface area contributed by atoms with Crippen molar-refractivity contribution in [1.29, 1.82) is 0 Å². The van der Waals surface area contributed by atoms with Crippen LogP contribution in [0, 0.1) is 0 Å². The number of nitrogens with zero attached hydrogens (tertiary/aromatic N) is 3. The number of fused-ring (bicyclic) bond motifs is 1. The van der Waals surface area contributed by atoms with Crippen LogP contribution in [0.1, 0.15) is 17.5 Å². The topological polar surface area (TPSA) is 57.7 Å². The number of halogens is 1. The molecule has 1 aromatic carbocycles. The van der Waals surface area contributed by atoms with Crippen molar-refractivity contribution >= 4 is 23.4 Å². The summed E-state index contributed by atoms with van der Waals surface area (Å²) in [6, 6.07) is 9.90. The van der Waals surface area contributed by atoms with Gasteiger partial charge in [-0.1, -0.05) is 23.7 Å². The summed E-state index contributed by atoms with van der Waals surface area (Å²) in [4.78, 5) is 20.9. The third-order valence-electron chi connectivity index (χ3n) is 5.02. The Kier molecular flexibility index (Phi) is 5.34. The third kappa shape index (κ3) is 4.27. The first-order chi connectivity index (χ1) is 13.2. The zero-order valence-corrected chi connectivity index (χ0v) is 15.9. The first kappa shape index (κ1) is 17.9. The van der Waals surface area contributed by atoms with Gasteiger partial charge in [0.1, 0.15) is 11.6 Å². The molecule has 0 atom stereocenters. The maximum Gasteiger partial charge on any atom is 0.317 e. The number of pyridine rings is 1. The number of rotatable bonds is 3. The molecule has 0 spiro atoms. The minimum Gasteiger partial charge on any atom is -0.493 e. The molecular weight excluding hydrogens is 364 g/mol. The Morgan fingerprint density at radius 3 is 2.81 bits per heavy atom. The molecule has 7 heteroatoms. The standard InChI is InChI=1S/C20H23ClN4O2/c21-17-4-6-19(22-14-17)24-7-9-25(10-8-24)20(26)23-13-15-3-5-18-16(12-15)2-1-11-27-18/h3-6,12,14H,1-2,7-11,13H2,(H,23,26). The van der Waals surface area contributed by atoms with Gasteiger partial charge in [-0.05, 0) is 42.2 Å². The predicted molar refractivity (Wildman–Crippen MR) is 106 cm³/mol. The molecule has 0 saturated carbocycles. The molecule has 6 nitrogen and oxygen atoms in total. The van der Waals surface area contributed by atoms with Crippen molar-refractivity contribution in [3.8, 4) is 5.75 Å². The SMILES string of the molecule is O=C(NCc1ccc2c(c1)CCCO2)N1CCN(c2ccc(Cl)cn2)CC1. The molecule has 142 valence electrons. The molecule has 2 aliphatic rings. The molecule has 27 heavy (non-hydrogen) atoms. The molecule has 3 heterocycles. The van der Waals surface area contributed by atoms with Gasteiger partial charge in [0.25, 0.3) is 0 Å². The summed E-state index contributed by atoms with van der Waals surface area (Å²) in [7, 11) is 0. The van der Waals surface area contributed by atoms with Crippen molar-refractivity contribution in [1.82, 2.24) is 15.2 Å². The number of aromatic nitrogens is 1. The number of amides is 2. The number of urea groups is 1. The minimum absolute atomic E-state index is 0.0207. The van der Waals surface area contributed by atoms with E-state index in [0.29, 0.717) is 24.7 Å². The summed E-state index contributed by atoms with van der Waals surface area (Å²) in [5.74, 6) is 1.87. The van der Waals surface area contributed by atoms with Crippen LogP contribution in [-0.4, -0.2) is 48.7 Å². The molecule has 1 fully saturated rings. The third-order valence-corrected chi connectivity index (χ3v) is 5.24. The van der Waals surface area contributed by atoms with Crippen LogP contribution in [0.15, 0.2) is 36.5 Å². The van der Waals surface area contributed by atoms with Crippen LogP contribution in [0.4, 0.5) is 10.6 Å². The second kappa shape index (κ2) is 8.05. The Labute approximate surface area is 164 Å². The van der Waals surface area contributed by atoms with Gasteiger partial charge in [-0.3, -0.25) is 0 Å². The molecule has 2 aliphatic heterocycles. The minimum atomic E-state index is -0.0207. The van der Waals surface area contributed by atoms with Crippen molar-refractivity contribution in [3.05, 3.63) is 52.7 Å². The first-order valence-electron chi connectivity index (χ1n) is 9.33. The van der Waals surface area contributed by atoms with E-state index in [2.05, 4.69) is 21.3 Å². The number of piperazine rings is 1. The van der Waals surface area contributed by atoms with Gasteiger partial charge in [0.05, 0.1) is 11.6 Å². The number of hydrogen-bond acceptors (Lipinski definition) is 4. The van der Waals surface area contributed by atoms with E-state index in [1.54, 1.807) is 6.20 Å². The van der Waals surface area contributed by atoms with Crippen LogP contribution in [0.2, 0.25) is 5.02 Å². The average molecular weight is 387 g/mol. The molecule has 0 unspecified atom stereocenters. The van der Waals surface area contributed by atoms with E-state index < -0.39 is 0 Å². The molecule has 4 rings (SSSR count). The first-order valence-corrected chi connectivity index (χ1v) is 9.71. The van der Waals surface area contributed by atoms with Gasteiger partial charge in [-0.25, -0.2) is 9.78 Å². The molecule has 2 aromatic rings. The summed E-state index contributed by atoms with van der Waals surface area (Å²) in [6.07, 6.45) is 3.74. The number of carbonyl (C=O) groups excluding carboxylic acids is 1. The molecule has 0 aliphatic carbocycles. The fourth-order valence-corrected chi connectivity index (χ4v) is 3.62. The number of nitrogens with one attached hydrogen (secondary N) is 1. The Hall–Kier alpha value is -2.47. The number of ether oxygens (including phenoxy) is 1. The lowest BCUT2D eigenvalue weighted by atomic mass is 10.0. The largest absolute Gasteiger partial charge is 0.493 e. The van der Waals surface area contributed by atoms with Gasteiger partial charge >= 0.3 is 6.03 Å².